The van der Waals surface area contributed by atoms with Crippen molar-refractivity contribution in [1.82, 2.24) is 10.1 Å². The zero-order valence-electron chi connectivity index (χ0n) is 12.8. The molecule has 2 N–H and O–H groups in total. The molecule has 0 fully saturated rings. The van der Waals surface area contributed by atoms with E-state index in [0.29, 0.717) is 11.1 Å². The van der Waals surface area contributed by atoms with Crippen LogP contribution in [-0.4, -0.2) is 46.1 Å². The highest BCUT2D eigenvalue weighted by Gasteiger charge is 2.38. The highest BCUT2D eigenvalue weighted by atomic mass is 32.2. The Morgan fingerprint density at radius 1 is 1.23 bits per heavy atom. The Kier molecular flexibility index (Phi) is 7.09. The third kappa shape index (κ3) is 7.48. The lowest BCUT2D eigenvalue weighted by atomic mass is 10.1. The van der Waals surface area contributed by atoms with Crippen molar-refractivity contribution >= 4 is 16.1 Å². The van der Waals surface area contributed by atoms with Crippen LogP contribution in [0.3, 0.4) is 0 Å². The second-order valence-electron chi connectivity index (χ2n) is 4.62. The van der Waals surface area contributed by atoms with Gasteiger partial charge >= 0.3 is 12.1 Å². The second kappa shape index (κ2) is 8.62. The maximum absolute atomic E-state index is 13.5. The van der Waals surface area contributed by atoms with Crippen molar-refractivity contribution < 1.29 is 45.1 Å². The van der Waals surface area contributed by atoms with Gasteiger partial charge in [0.1, 0.15) is 17.8 Å². The maximum Gasteiger partial charge on any atom is 0.490 e. The summed E-state index contributed by atoms with van der Waals surface area (Å²) in [6.45, 7) is 0.0257. The molecule has 13 heteroatoms. The molecule has 142 valence electrons. The summed E-state index contributed by atoms with van der Waals surface area (Å²) in [5, 5.41) is 11.1. The van der Waals surface area contributed by atoms with Gasteiger partial charge in [-0.15, -0.1) is 0 Å². The molecule has 2 rings (SSSR count). The number of hydrogen-bond donors (Lipinski definition) is 2. The average Bonchev–Trinajstić information content (AvgIpc) is 2.53. The molecule has 2 heterocycles. The first-order valence-electron chi connectivity index (χ1n) is 6.61. The topological polar surface area (TPSA) is 121 Å². The summed E-state index contributed by atoms with van der Waals surface area (Å²) in [4.78, 5) is 12.5. The number of hydrogen-bond acceptors (Lipinski definition) is 5. The van der Waals surface area contributed by atoms with Crippen LogP contribution in [0.25, 0.3) is 11.1 Å². The molecule has 0 aromatic carbocycles. The molecule has 0 saturated carbocycles. The summed E-state index contributed by atoms with van der Waals surface area (Å²) in [5.41, 5.74) is 0.924. The number of nitrogens with zero attached hydrogens (tertiary/aromatic N) is 3. The van der Waals surface area contributed by atoms with Crippen LogP contribution in [0.4, 0.5) is 17.6 Å². The Bertz CT molecular complexity index is 857. The standard InChI is InChI=1S/C11H10FN3O3S.C2HF3O2/c12-11-8-13-3-1-10(11)9-2-4-15(14-7-9)5-6-19(16,17)18;3-2(4,5)1(6)7/h1-4,7-8H,5-6H2;(H,6,7)/p+1. The summed E-state index contributed by atoms with van der Waals surface area (Å²) in [6, 6.07) is 3.13. The molecular formula is C13H12F4N3O5S+. The molecule has 2 aromatic rings. The van der Waals surface area contributed by atoms with E-state index in [2.05, 4.69) is 10.1 Å². The van der Waals surface area contributed by atoms with Gasteiger partial charge in [0, 0.05) is 23.4 Å². The molecule has 0 aliphatic rings. The quantitative estimate of drug-likeness (QED) is 0.449. The zero-order chi connectivity index (χ0) is 20.0. The van der Waals surface area contributed by atoms with E-state index in [-0.39, 0.29) is 6.54 Å². The van der Waals surface area contributed by atoms with Crippen LogP contribution in [-0.2, 0) is 21.5 Å². The van der Waals surface area contributed by atoms with Crippen LogP contribution >= 0.6 is 0 Å². The third-order valence-electron chi connectivity index (χ3n) is 2.68. The molecule has 0 aliphatic heterocycles. The lowest BCUT2D eigenvalue weighted by molar-refractivity contribution is -0.750. The number of carbonyl (C=O) groups is 1. The first-order valence-corrected chi connectivity index (χ1v) is 8.22. The number of aryl methyl sites for hydroxylation is 1. The van der Waals surface area contributed by atoms with Crippen molar-refractivity contribution in [1.29, 1.82) is 0 Å². The summed E-state index contributed by atoms with van der Waals surface area (Å²) in [7, 11) is -4.02. The molecule has 0 atom stereocenters. The van der Waals surface area contributed by atoms with Crippen LogP contribution in [0.1, 0.15) is 0 Å². The van der Waals surface area contributed by atoms with Crippen molar-refractivity contribution in [3.8, 4) is 11.1 Å². The molecular weight excluding hydrogens is 386 g/mol. The zero-order valence-corrected chi connectivity index (χ0v) is 13.6. The number of pyridine rings is 1. The van der Waals surface area contributed by atoms with E-state index in [9.17, 15) is 26.0 Å². The van der Waals surface area contributed by atoms with Gasteiger partial charge in [0.2, 0.25) is 0 Å². The van der Waals surface area contributed by atoms with Crippen molar-refractivity contribution in [2.24, 2.45) is 0 Å². The van der Waals surface area contributed by atoms with Gasteiger partial charge in [-0.2, -0.15) is 21.6 Å². The molecule has 0 spiro atoms. The SMILES string of the molecule is O=C(O)C(F)(F)F.O=S(=O)(O)CC[n+]1ccc(-c2ccncc2F)cn1. The van der Waals surface area contributed by atoms with Crippen LogP contribution in [0.2, 0.25) is 0 Å². The molecule has 0 unspecified atom stereocenters. The highest BCUT2D eigenvalue weighted by molar-refractivity contribution is 7.85. The van der Waals surface area contributed by atoms with Crippen molar-refractivity contribution in [3.63, 3.8) is 0 Å². The summed E-state index contributed by atoms with van der Waals surface area (Å²) >= 11 is 0. The monoisotopic (exact) mass is 398 g/mol. The number of alkyl halides is 3. The fraction of sp³-hybridized carbons (Fsp3) is 0.231. The van der Waals surface area contributed by atoms with Gasteiger partial charge in [0.05, 0.1) is 6.20 Å². The van der Waals surface area contributed by atoms with E-state index in [1.807, 2.05) is 0 Å². The van der Waals surface area contributed by atoms with Gasteiger partial charge in [-0.05, 0) is 11.2 Å². The van der Waals surface area contributed by atoms with Gasteiger partial charge in [-0.3, -0.25) is 9.54 Å². The predicted octanol–water partition coefficient (Wildman–Crippen LogP) is 1.09. The van der Waals surface area contributed by atoms with Crippen LogP contribution in [0.15, 0.2) is 36.9 Å². The minimum atomic E-state index is -5.08. The molecule has 8 nitrogen and oxygen atoms in total. The van der Waals surface area contributed by atoms with Crippen LogP contribution < -0.4 is 4.68 Å². The minimum absolute atomic E-state index is 0.0257. The Morgan fingerprint density at radius 2 is 1.85 bits per heavy atom. The highest BCUT2D eigenvalue weighted by Crippen LogP contribution is 2.19. The molecule has 0 aliphatic carbocycles. The number of aliphatic carboxylic acids is 1. The number of carboxylic acid groups (broad SMARTS) is 1. The molecule has 0 amide bonds. The lowest BCUT2D eigenvalue weighted by Gasteiger charge is -2.00. The molecule has 0 radical (unpaired) electrons. The molecule has 26 heavy (non-hydrogen) atoms. The first-order chi connectivity index (χ1) is 11.9. The molecule has 2 aromatic heterocycles. The van der Waals surface area contributed by atoms with Gasteiger partial charge in [-0.25, -0.2) is 9.18 Å². The largest absolute Gasteiger partial charge is 0.490 e. The smallest absolute Gasteiger partial charge is 0.475 e. The van der Waals surface area contributed by atoms with E-state index in [4.69, 9.17) is 14.5 Å². The number of aromatic nitrogens is 3. The Labute approximate surface area is 144 Å². The first kappa shape index (κ1) is 21.4. The van der Waals surface area contributed by atoms with Crippen molar-refractivity contribution in [2.75, 3.05) is 5.75 Å². The number of carboxylic acids is 1. The van der Waals surface area contributed by atoms with Crippen molar-refractivity contribution in [3.05, 3.63) is 42.7 Å². The number of rotatable bonds is 4. The van der Waals surface area contributed by atoms with E-state index in [1.165, 1.54) is 29.3 Å². The van der Waals surface area contributed by atoms with Crippen molar-refractivity contribution in [2.45, 2.75) is 12.7 Å². The Hall–Kier alpha value is -2.67. The predicted molar refractivity (Wildman–Crippen MR) is 77.7 cm³/mol. The van der Waals surface area contributed by atoms with E-state index < -0.39 is 33.8 Å². The van der Waals surface area contributed by atoms with E-state index >= 15 is 0 Å². The number of halogens is 4. The van der Waals surface area contributed by atoms with E-state index in [1.54, 1.807) is 6.07 Å². The summed E-state index contributed by atoms with van der Waals surface area (Å²) in [6.07, 6.45) is 0.426. The summed E-state index contributed by atoms with van der Waals surface area (Å²) < 4.78 is 76.4. The third-order valence-corrected chi connectivity index (χ3v) is 3.37. The molecule has 0 saturated heterocycles. The van der Waals surface area contributed by atoms with E-state index in [0.717, 1.165) is 6.20 Å². The minimum Gasteiger partial charge on any atom is -0.475 e. The second-order valence-corrected chi connectivity index (χ2v) is 6.20. The summed E-state index contributed by atoms with van der Waals surface area (Å²) in [5.74, 6) is -3.64. The maximum atomic E-state index is 13.5. The average molecular weight is 398 g/mol. The van der Waals surface area contributed by atoms with Crippen LogP contribution in [0.5, 0.6) is 0 Å². The fourth-order valence-corrected chi connectivity index (χ4v) is 1.91. The lowest BCUT2D eigenvalue weighted by Crippen LogP contribution is -2.40. The van der Waals surface area contributed by atoms with Gasteiger partial charge in [0.25, 0.3) is 10.1 Å². The fourth-order valence-electron chi connectivity index (χ4n) is 1.49. The molecule has 0 bridgehead atoms. The van der Waals surface area contributed by atoms with Gasteiger partial charge < -0.3 is 5.11 Å². The van der Waals surface area contributed by atoms with Crippen LogP contribution in [0, 0.1) is 5.82 Å². The Balaban J connectivity index is 0.000000412. The van der Waals surface area contributed by atoms with Gasteiger partial charge in [-0.1, -0.05) is 4.68 Å². The Morgan fingerprint density at radius 3 is 2.27 bits per heavy atom. The van der Waals surface area contributed by atoms with Gasteiger partial charge in [0.15, 0.2) is 12.7 Å². The normalized spacial score (nSPS) is 11.4.